The second kappa shape index (κ2) is 5.71. The first-order chi connectivity index (χ1) is 10.1. The van der Waals surface area contributed by atoms with E-state index in [0.717, 1.165) is 13.1 Å². The molecule has 1 saturated heterocycles. The molecule has 1 aliphatic carbocycles. The standard InChI is InChI=1S/C13H20N6O2/c1-18-8-11(14-17-18)12(20)15-16-13(21)19-6-9-4-2-3-5-10(9)7-19/h8-10H,2-7H2,1H3,(H,15,20)(H,16,21)/t9-,10+. The van der Waals surface area contributed by atoms with Crippen LogP contribution in [0.5, 0.6) is 0 Å². The van der Waals surface area contributed by atoms with Crippen LogP contribution in [0.1, 0.15) is 36.2 Å². The Morgan fingerprint density at radius 3 is 2.43 bits per heavy atom. The van der Waals surface area contributed by atoms with Gasteiger partial charge in [0.25, 0.3) is 5.91 Å². The average Bonchev–Trinajstić information content (AvgIpc) is 3.10. The molecule has 3 rings (SSSR count). The van der Waals surface area contributed by atoms with E-state index in [2.05, 4.69) is 21.2 Å². The Kier molecular flexibility index (Phi) is 3.76. The van der Waals surface area contributed by atoms with Crippen LogP contribution in [-0.2, 0) is 7.05 Å². The number of fused-ring (bicyclic) bond motifs is 1. The number of carbonyl (C=O) groups excluding carboxylic acids is 2. The van der Waals surface area contributed by atoms with Crippen LogP contribution in [0, 0.1) is 11.8 Å². The number of nitrogens with one attached hydrogen (secondary N) is 2. The number of aryl methyl sites for hydroxylation is 1. The number of rotatable bonds is 1. The summed E-state index contributed by atoms with van der Waals surface area (Å²) in [5.74, 6) is 0.786. The molecule has 8 nitrogen and oxygen atoms in total. The van der Waals surface area contributed by atoms with Gasteiger partial charge in [0.2, 0.25) is 0 Å². The van der Waals surface area contributed by atoms with Crippen LogP contribution in [0.3, 0.4) is 0 Å². The Labute approximate surface area is 122 Å². The maximum Gasteiger partial charge on any atom is 0.336 e. The number of urea groups is 1. The van der Waals surface area contributed by atoms with E-state index in [0.29, 0.717) is 11.8 Å². The Hall–Kier alpha value is -2.12. The molecule has 0 bridgehead atoms. The molecule has 3 amide bonds. The Morgan fingerprint density at radius 2 is 1.86 bits per heavy atom. The van der Waals surface area contributed by atoms with E-state index in [4.69, 9.17) is 0 Å². The van der Waals surface area contributed by atoms with Gasteiger partial charge in [-0.1, -0.05) is 18.1 Å². The molecule has 21 heavy (non-hydrogen) atoms. The molecule has 0 spiro atoms. The molecule has 1 saturated carbocycles. The number of aromatic nitrogens is 3. The second-order valence-corrected chi connectivity index (χ2v) is 5.87. The van der Waals surface area contributed by atoms with Crippen molar-refractivity contribution in [2.45, 2.75) is 25.7 Å². The van der Waals surface area contributed by atoms with E-state index >= 15 is 0 Å². The van der Waals surface area contributed by atoms with Crippen LogP contribution in [0.2, 0.25) is 0 Å². The number of likely N-dealkylation sites (tertiary alicyclic amines) is 1. The predicted octanol–water partition coefficient (Wildman–Crippen LogP) is 0.292. The molecule has 1 aromatic heterocycles. The van der Waals surface area contributed by atoms with Gasteiger partial charge in [0.1, 0.15) is 0 Å². The predicted molar refractivity (Wildman–Crippen MR) is 74.0 cm³/mol. The summed E-state index contributed by atoms with van der Waals surface area (Å²) in [6, 6.07) is -0.248. The van der Waals surface area contributed by atoms with Crippen molar-refractivity contribution in [1.29, 1.82) is 0 Å². The monoisotopic (exact) mass is 292 g/mol. The quantitative estimate of drug-likeness (QED) is 0.728. The van der Waals surface area contributed by atoms with Crippen molar-refractivity contribution in [3.05, 3.63) is 11.9 Å². The first kappa shape index (κ1) is 13.8. The van der Waals surface area contributed by atoms with E-state index in [1.807, 2.05) is 0 Å². The van der Waals surface area contributed by atoms with Crippen molar-refractivity contribution in [3.8, 4) is 0 Å². The summed E-state index contributed by atoms with van der Waals surface area (Å²) in [5.41, 5.74) is 5.00. The van der Waals surface area contributed by atoms with E-state index in [9.17, 15) is 9.59 Å². The van der Waals surface area contributed by atoms with Gasteiger partial charge in [-0.3, -0.25) is 14.9 Å². The van der Waals surface area contributed by atoms with Gasteiger partial charge in [0, 0.05) is 20.1 Å². The van der Waals surface area contributed by atoms with Gasteiger partial charge in [-0.25, -0.2) is 10.2 Å². The molecular formula is C13H20N6O2. The zero-order chi connectivity index (χ0) is 14.8. The molecular weight excluding hydrogens is 272 g/mol. The molecule has 0 radical (unpaired) electrons. The number of hydrogen-bond acceptors (Lipinski definition) is 4. The third-order valence-electron chi connectivity index (χ3n) is 4.38. The van der Waals surface area contributed by atoms with E-state index < -0.39 is 5.91 Å². The molecule has 8 heteroatoms. The van der Waals surface area contributed by atoms with Crippen molar-refractivity contribution in [3.63, 3.8) is 0 Å². The zero-order valence-corrected chi connectivity index (χ0v) is 12.1. The fourth-order valence-corrected chi connectivity index (χ4v) is 3.28. The highest BCUT2D eigenvalue weighted by Crippen LogP contribution is 2.35. The number of hydrogen-bond donors (Lipinski definition) is 2. The average molecular weight is 292 g/mol. The van der Waals surface area contributed by atoms with E-state index in [1.54, 1.807) is 11.9 Å². The lowest BCUT2D eigenvalue weighted by Crippen LogP contribution is -2.48. The second-order valence-electron chi connectivity index (χ2n) is 5.87. The number of nitrogens with zero attached hydrogens (tertiary/aromatic N) is 4. The molecule has 0 unspecified atom stereocenters. The van der Waals surface area contributed by atoms with E-state index in [1.165, 1.54) is 36.6 Å². The van der Waals surface area contributed by atoms with Crippen LogP contribution in [-0.4, -0.2) is 44.9 Å². The van der Waals surface area contributed by atoms with Crippen LogP contribution in [0.15, 0.2) is 6.20 Å². The highest BCUT2D eigenvalue weighted by atomic mass is 16.2. The lowest BCUT2D eigenvalue weighted by atomic mass is 9.82. The Bertz CT molecular complexity index is 529. The maximum absolute atomic E-state index is 12.1. The summed E-state index contributed by atoms with van der Waals surface area (Å²) in [7, 11) is 1.67. The minimum absolute atomic E-state index is 0.174. The first-order valence-corrected chi connectivity index (χ1v) is 7.35. The Morgan fingerprint density at radius 1 is 1.19 bits per heavy atom. The summed E-state index contributed by atoms with van der Waals surface area (Å²) >= 11 is 0. The molecule has 2 atom stereocenters. The summed E-state index contributed by atoms with van der Waals surface area (Å²) in [6.07, 6.45) is 6.44. The van der Waals surface area contributed by atoms with Crippen molar-refractivity contribution in [1.82, 2.24) is 30.7 Å². The largest absolute Gasteiger partial charge is 0.336 e. The topological polar surface area (TPSA) is 92.2 Å². The molecule has 114 valence electrons. The lowest BCUT2D eigenvalue weighted by Gasteiger charge is -2.22. The van der Waals surface area contributed by atoms with Crippen molar-refractivity contribution >= 4 is 11.9 Å². The minimum atomic E-state index is -0.465. The molecule has 2 aliphatic rings. The number of hydrazine groups is 1. The van der Waals surface area contributed by atoms with Crippen molar-refractivity contribution in [2.75, 3.05) is 13.1 Å². The molecule has 1 aromatic rings. The van der Waals surface area contributed by atoms with Crippen LogP contribution >= 0.6 is 0 Å². The first-order valence-electron chi connectivity index (χ1n) is 7.35. The van der Waals surface area contributed by atoms with Gasteiger partial charge in [-0.05, 0) is 24.7 Å². The lowest BCUT2D eigenvalue weighted by molar-refractivity contribution is 0.0926. The highest BCUT2D eigenvalue weighted by Gasteiger charge is 2.36. The minimum Gasteiger partial charge on any atom is -0.323 e. The van der Waals surface area contributed by atoms with Gasteiger partial charge >= 0.3 is 6.03 Å². The van der Waals surface area contributed by atoms with Crippen LogP contribution in [0.4, 0.5) is 4.79 Å². The fraction of sp³-hybridized carbons (Fsp3) is 0.692. The molecule has 1 aliphatic heterocycles. The number of amides is 3. The van der Waals surface area contributed by atoms with E-state index in [-0.39, 0.29) is 11.7 Å². The van der Waals surface area contributed by atoms with Gasteiger partial charge in [0.15, 0.2) is 5.69 Å². The molecule has 2 N–H and O–H groups in total. The fourth-order valence-electron chi connectivity index (χ4n) is 3.28. The molecule has 2 heterocycles. The summed E-state index contributed by atoms with van der Waals surface area (Å²) < 4.78 is 1.43. The van der Waals surface area contributed by atoms with Crippen LogP contribution < -0.4 is 10.9 Å². The van der Waals surface area contributed by atoms with Crippen molar-refractivity contribution < 1.29 is 9.59 Å². The zero-order valence-electron chi connectivity index (χ0n) is 12.1. The normalized spacial score (nSPS) is 24.5. The number of carbonyl (C=O) groups is 2. The van der Waals surface area contributed by atoms with Gasteiger partial charge < -0.3 is 4.90 Å². The van der Waals surface area contributed by atoms with Crippen molar-refractivity contribution in [2.24, 2.45) is 18.9 Å². The van der Waals surface area contributed by atoms with Gasteiger partial charge in [0.05, 0.1) is 6.20 Å². The van der Waals surface area contributed by atoms with Gasteiger partial charge in [-0.2, -0.15) is 0 Å². The molecule has 2 fully saturated rings. The summed E-state index contributed by atoms with van der Waals surface area (Å²) in [5, 5.41) is 7.36. The Balaban J connectivity index is 1.49. The molecule has 0 aromatic carbocycles. The smallest absolute Gasteiger partial charge is 0.323 e. The summed E-state index contributed by atoms with van der Waals surface area (Å²) in [6.45, 7) is 1.58. The SMILES string of the molecule is Cn1cc(C(=O)NNC(=O)N2C[C@H]3CCCC[C@H]3C2)nn1. The maximum atomic E-state index is 12.1. The summed E-state index contributed by atoms with van der Waals surface area (Å²) in [4.78, 5) is 25.6. The van der Waals surface area contributed by atoms with Crippen LogP contribution in [0.25, 0.3) is 0 Å². The van der Waals surface area contributed by atoms with Gasteiger partial charge in [-0.15, -0.1) is 5.10 Å². The highest BCUT2D eigenvalue weighted by molar-refractivity contribution is 5.93. The third-order valence-corrected chi connectivity index (χ3v) is 4.38. The third kappa shape index (κ3) is 2.98.